The number of rotatable bonds is 10. The Balaban J connectivity index is 0.000000310. The van der Waals surface area contributed by atoms with Crippen LogP contribution in [0.2, 0.25) is 0 Å². The van der Waals surface area contributed by atoms with Gasteiger partial charge >= 0.3 is 12.4 Å². The number of primary amides is 1. The van der Waals surface area contributed by atoms with Crippen LogP contribution in [0.15, 0.2) is 107 Å². The summed E-state index contributed by atoms with van der Waals surface area (Å²) in [4.78, 5) is 25.9. The van der Waals surface area contributed by atoms with E-state index in [1.165, 1.54) is 18.2 Å². The molecule has 0 aliphatic heterocycles. The number of hydrogen-bond acceptors (Lipinski definition) is 9. The van der Waals surface area contributed by atoms with Gasteiger partial charge in [-0.15, -0.1) is 0 Å². The van der Waals surface area contributed by atoms with Crippen LogP contribution in [-0.4, -0.2) is 55.5 Å². The van der Waals surface area contributed by atoms with Crippen molar-refractivity contribution in [2.24, 2.45) is 22.2 Å². The molecule has 22 heteroatoms. The van der Waals surface area contributed by atoms with Gasteiger partial charge in [0.15, 0.2) is 25.6 Å². The highest BCUT2D eigenvalue weighted by Gasteiger charge is 2.33. The summed E-state index contributed by atoms with van der Waals surface area (Å²) in [6.45, 7) is 3.37. The molecule has 0 aliphatic rings. The maximum atomic E-state index is 13.1. The summed E-state index contributed by atoms with van der Waals surface area (Å²) in [5.41, 5.74) is 14.4. The molecule has 6 N–H and O–H groups in total. The normalized spacial score (nSPS) is 12.3. The van der Waals surface area contributed by atoms with Crippen molar-refractivity contribution in [1.29, 1.82) is 0 Å². The molecular formula is C35H34F6N4O8S4. The minimum atomic E-state index is -4.68. The van der Waals surface area contributed by atoms with Crippen molar-refractivity contribution in [3.05, 3.63) is 106 Å². The standard InChI is InChI=1S/C18H18F3N3O5S2.C17H16F3NO3S2/c1-3-10-8-15(14(30(2,26)27)9-13(10)16(25)24-17(22)23)31(28,29)12-6-4-11(5-7-12)18(19,20)21;1-3-10-8-14(15(26(2,23)24)9-13(10)16(21)22)25-12-6-4-11(5-7-12)17(18,19)20/h4-9H,3H2,1-2H3,(H4,22,23,24,25);4-9H,3H2,1-2H3,(H2,21,22). The van der Waals surface area contributed by atoms with E-state index in [1.807, 2.05) is 0 Å². The van der Waals surface area contributed by atoms with E-state index >= 15 is 0 Å². The molecule has 0 aliphatic carbocycles. The van der Waals surface area contributed by atoms with Crippen molar-refractivity contribution in [1.82, 2.24) is 0 Å². The molecule has 0 unspecified atom stereocenters. The molecule has 57 heavy (non-hydrogen) atoms. The summed E-state index contributed by atoms with van der Waals surface area (Å²) in [6, 6.07) is 11.6. The van der Waals surface area contributed by atoms with E-state index in [2.05, 4.69) is 4.99 Å². The Bertz CT molecular complexity index is 2560. The molecule has 0 spiro atoms. The molecule has 4 rings (SSSR count). The molecule has 0 heterocycles. The van der Waals surface area contributed by atoms with Crippen LogP contribution in [0.1, 0.15) is 56.8 Å². The second-order valence-electron chi connectivity index (χ2n) is 12.0. The van der Waals surface area contributed by atoms with E-state index in [0.717, 1.165) is 60.7 Å². The van der Waals surface area contributed by atoms with E-state index in [4.69, 9.17) is 17.2 Å². The lowest BCUT2D eigenvalue weighted by molar-refractivity contribution is -0.138. The zero-order valence-electron chi connectivity index (χ0n) is 30.2. The Morgan fingerprint density at radius 1 is 0.632 bits per heavy atom. The molecule has 0 saturated carbocycles. The number of carbonyl (C=O) groups is 2. The molecule has 0 aromatic heterocycles. The number of carbonyl (C=O) groups excluding carboxylic acids is 2. The topological polar surface area (TPSA) is 227 Å². The van der Waals surface area contributed by atoms with Crippen molar-refractivity contribution in [3.8, 4) is 0 Å². The van der Waals surface area contributed by atoms with Crippen LogP contribution >= 0.6 is 11.8 Å². The van der Waals surface area contributed by atoms with Crippen molar-refractivity contribution >= 4 is 59.0 Å². The highest BCUT2D eigenvalue weighted by atomic mass is 32.2. The van der Waals surface area contributed by atoms with Gasteiger partial charge in [0.25, 0.3) is 5.91 Å². The zero-order valence-corrected chi connectivity index (χ0v) is 33.5. The van der Waals surface area contributed by atoms with Gasteiger partial charge in [0, 0.05) is 33.4 Å². The molecule has 0 bridgehead atoms. The van der Waals surface area contributed by atoms with E-state index < -0.39 is 85.5 Å². The van der Waals surface area contributed by atoms with Crippen LogP contribution in [0, 0.1) is 0 Å². The lowest BCUT2D eigenvalue weighted by atomic mass is 10.0. The monoisotopic (exact) mass is 880 g/mol. The molecule has 4 aromatic rings. The number of nitrogens with zero attached hydrogens (tertiary/aromatic N) is 1. The molecule has 0 radical (unpaired) electrons. The first-order valence-electron chi connectivity index (χ1n) is 16.0. The molecule has 12 nitrogen and oxygen atoms in total. The second-order valence-corrected chi connectivity index (χ2v) is 19.0. The minimum absolute atomic E-state index is 0.0894. The third-order valence-electron chi connectivity index (χ3n) is 7.82. The Morgan fingerprint density at radius 3 is 1.47 bits per heavy atom. The van der Waals surface area contributed by atoms with Crippen molar-refractivity contribution in [2.75, 3.05) is 12.5 Å². The van der Waals surface area contributed by atoms with E-state index in [9.17, 15) is 61.2 Å². The molecule has 4 aromatic carbocycles. The molecule has 0 fully saturated rings. The summed E-state index contributed by atoms with van der Waals surface area (Å²) in [7, 11) is -12.4. The Hall–Kier alpha value is -4.93. The quantitative estimate of drug-likeness (QED) is 0.0974. The van der Waals surface area contributed by atoms with Crippen molar-refractivity contribution < 1.29 is 61.2 Å². The number of nitrogens with two attached hydrogens (primary N) is 3. The number of amides is 2. The Kier molecular flexibility index (Phi) is 14.1. The highest BCUT2D eigenvalue weighted by molar-refractivity contribution is 8.00. The predicted octanol–water partition coefficient (Wildman–Crippen LogP) is 5.84. The number of guanidine groups is 1. The lowest BCUT2D eigenvalue weighted by Gasteiger charge is -2.14. The average molecular weight is 881 g/mol. The number of sulfone groups is 3. The first-order chi connectivity index (χ1) is 26.0. The fourth-order valence-electron chi connectivity index (χ4n) is 5.05. The first kappa shape index (κ1) is 46.5. The van der Waals surface area contributed by atoms with Gasteiger partial charge in [-0.25, -0.2) is 25.3 Å². The average Bonchev–Trinajstić information content (AvgIpc) is 3.09. The number of aryl methyl sites for hydroxylation is 2. The zero-order chi connectivity index (χ0) is 43.5. The van der Waals surface area contributed by atoms with Crippen LogP contribution in [0.25, 0.3) is 0 Å². The summed E-state index contributed by atoms with van der Waals surface area (Å²) in [5.74, 6) is -2.28. The van der Waals surface area contributed by atoms with Gasteiger partial charge in [0.2, 0.25) is 15.7 Å². The minimum Gasteiger partial charge on any atom is -0.370 e. The van der Waals surface area contributed by atoms with E-state index in [0.29, 0.717) is 33.9 Å². The first-order valence-corrected chi connectivity index (χ1v) is 22.1. The maximum absolute atomic E-state index is 13.1. The van der Waals surface area contributed by atoms with Gasteiger partial charge in [0.05, 0.1) is 30.7 Å². The van der Waals surface area contributed by atoms with Gasteiger partial charge in [-0.3, -0.25) is 9.59 Å². The second kappa shape index (κ2) is 17.3. The fraction of sp³-hybridized carbons (Fsp3) is 0.229. The highest BCUT2D eigenvalue weighted by Crippen LogP contribution is 2.38. The van der Waals surface area contributed by atoms with E-state index in [1.54, 1.807) is 19.9 Å². The molecule has 308 valence electrons. The summed E-state index contributed by atoms with van der Waals surface area (Å²) in [5, 5.41) is 0. The summed E-state index contributed by atoms with van der Waals surface area (Å²) in [6.07, 6.45) is -6.84. The molecule has 0 atom stereocenters. The van der Waals surface area contributed by atoms with Crippen LogP contribution < -0.4 is 17.2 Å². The van der Waals surface area contributed by atoms with Crippen molar-refractivity contribution in [3.63, 3.8) is 0 Å². The fourth-order valence-corrected chi connectivity index (χ4v) is 10.2. The van der Waals surface area contributed by atoms with Crippen LogP contribution in [0.3, 0.4) is 0 Å². The van der Waals surface area contributed by atoms with Gasteiger partial charge in [-0.2, -0.15) is 31.3 Å². The molecule has 2 amide bonds. The number of hydrogen-bond donors (Lipinski definition) is 3. The van der Waals surface area contributed by atoms with Crippen LogP contribution in [-0.2, 0) is 54.7 Å². The molecular weight excluding hydrogens is 847 g/mol. The third kappa shape index (κ3) is 11.6. The van der Waals surface area contributed by atoms with E-state index in [-0.39, 0.29) is 28.0 Å². The Morgan fingerprint density at radius 2 is 1.07 bits per heavy atom. The smallest absolute Gasteiger partial charge is 0.370 e. The summed E-state index contributed by atoms with van der Waals surface area (Å²) < 4.78 is 151. The third-order valence-corrected chi connectivity index (χ3v) is 13.2. The maximum Gasteiger partial charge on any atom is 0.416 e. The number of alkyl halides is 6. The largest absolute Gasteiger partial charge is 0.416 e. The SMILES string of the molecule is CCc1cc(S(=O)(=O)c2ccc(C(F)(F)F)cc2)c(S(C)(=O)=O)cc1C(=O)N=C(N)N.CCc1cc(Sc2ccc(C(F)(F)F)cc2)c(S(C)(=O)=O)cc1C(N)=O. The lowest BCUT2D eigenvalue weighted by Crippen LogP contribution is -2.24. The predicted molar refractivity (Wildman–Crippen MR) is 199 cm³/mol. The number of aliphatic imine (C=N–C) groups is 1. The number of benzene rings is 4. The van der Waals surface area contributed by atoms with Gasteiger partial charge < -0.3 is 17.2 Å². The summed E-state index contributed by atoms with van der Waals surface area (Å²) >= 11 is 1.01. The Labute approximate surface area is 328 Å². The van der Waals surface area contributed by atoms with Gasteiger partial charge in [-0.05, 0) is 96.8 Å². The molecule has 0 saturated heterocycles. The van der Waals surface area contributed by atoms with Crippen molar-refractivity contribution in [2.45, 2.75) is 68.4 Å². The van der Waals surface area contributed by atoms with Gasteiger partial charge in [0.1, 0.15) is 0 Å². The van der Waals surface area contributed by atoms with Gasteiger partial charge in [-0.1, -0.05) is 25.6 Å². The number of halogens is 6. The van der Waals surface area contributed by atoms with Crippen LogP contribution in [0.4, 0.5) is 26.3 Å². The van der Waals surface area contributed by atoms with Crippen LogP contribution in [0.5, 0.6) is 0 Å².